The summed E-state index contributed by atoms with van der Waals surface area (Å²) < 4.78 is 11.3. The molecule has 0 fully saturated rings. The lowest BCUT2D eigenvalue weighted by molar-refractivity contribution is -0.136. The first kappa shape index (κ1) is 22.8. The summed E-state index contributed by atoms with van der Waals surface area (Å²) >= 11 is 0. The Morgan fingerprint density at radius 1 is 0.969 bits per heavy atom. The molecule has 0 radical (unpaired) electrons. The van der Waals surface area contributed by atoms with Crippen LogP contribution in [-0.2, 0) is 11.3 Å². The highest BCUT2D eigenvalue weighted by molar-refractivity contribution is 5.99. The number of rotatable bonds is 11. The molecule has 1 heterocycles. The molecule has 168 valence electrons. The van der Waals surface area contributed by atoms with Crippen LogP contribution < -0.4 is 20.9 Å². The summed E-state index contributed by atoms with van der Waals surface area (Å²) in [5, 5.41) is 23.9. The van der Waals surface area contributed by atoms with Crippen LogP contribution in [0.25, 0.3) is 11.0 Å². The maximum Gasteiger partial charge on any atom is 0.304 e. The molecule has 3 aromatic rings. The highest BCUT2D eigenvalue weighted by Gasteiger charge is 2.20. The van der Waals surface area contributed by atoms with Crippen LogP contribution in [0.1, 0.15) is 32.9 Å². The molecule has 32 heavy (non-hydrogen) atoms. The third kappa shape index (κ3) is 5.84. The molecule has 0 saturated carbocycles. The number of furan rings is 1. The maximum atomic E-state index is 12.7. The Morgan fingerprint density at radius 3 is 2.44 bits per heavy atom. The summed E-state index contributed by atoms with van der Waals surface area (Å²) in [4.78, 5) is 34.7. The van der Waals surface area contributed by atoms with E-state index < -0.39 is 17.8 Å². The van der Waals surface area contributed by atoms with Crippen molar-refractivity contribution in [2.24, 2.45) is 0 Å². The van der Waals surface area contributed by atoms with Crippen molar-refractivity contribution in [3.05, 3.63) is 65.4 Å². The minimum absolute atomic E-state index is 0.0275. The predicted octanol–water partition coefficient (Wildman–Crippen LogP) is 1.92. The van der Waals surface area contributed by atoms with E-state index in [2.05, 4.69) is 10.6 Å². The van der Waals surface area contributed by atoms with E-state index >= 15 is 0 Å². The Bertz CT molecular complexity index is 1090. The van der Waals surface area contributed by atoms with E-state index in [0.717, 1.165) is 5.39 Å². The van der Waals surface area contributed by atoms with Gasteiger partial charge in [-0.3, -0.25) is 19.6 Å². The number of carboxylic acid groups (broad SMARTS) is 1. The van der Waals surface area contributed by atoms with Crippen LogP contribution in [0.5, 0.6) is 5.75 Å². The molecule has 2 amide bonds. The van der Waals surface area contributed by atoms with Gasteiger partial charge in [0.2, 0.25) is 0 Å². The zero-order valence-corrected chi connectivity index (χ0v) is 17.1. The highest BCUT2D eigenvalue weighted by atomic mass is 16.5. The number of amides is 2. The number of aliphatic carboxylic acids is 1. The Hall–Kier alpha value is -3.89. The topological polar surface area (TPSA) is 150 Å². The second-order valence-electron chi connectivity index (χ2n) is 6.80. The van der Waals surface area contributed by atoms with Gasteiger partial charge >= 0.3 is 5.97 Å². The molecule has 1 aromatic heterocycles. The van der Waals surface area contributed by atoms with E-state index in [9.17, 15) is 14.4 Å². The molecule has 0 aliphatic rings. The number of hydrogen-bond donors (Lipinski definition) is 5. The number of carbonyl (C=O) groups is 3. The summed E-state index contributed by atoms with van der Waals surface area (Å²) in [6, 6.07) is 13.4. The third-order valence-corrected chi connectivity index (χ3v) is 4.60. The Kier molecular flexibility index (Phi) is 7.79. The van der Waals surface area contributed by atoms with Crippen LogP contribution >= 0.6 is 0 Å². The number of hydroxylamine groups is 1. The highest BCUT2D eigenvalue weighted by Crippen LogP contribution is 2.25. The average Bonchev–Trinajstić information content (AvgIpc) is 3.18. The maximum absolute atomic E-state index is 12.7. The summed E-state index contributed by atoms with van der Waals surface area (Å²) in [7, 11) is 0. The summed E-state index contributed by atoms with van der Waals surface area (Å²) in [6.45, 7) is 0.949. The fourth-order valence-electron chi connectivity index (χ4n) is 3.05. The predicted molar refractivity (Wildman–Crippen MR) is 114 cm³/mol. The molecular weight excluding hydrogens is 418 g/mol. The molecule has 3 rings (SSSR count). The summed E-state index contributed by atoms with van der Waals surface area (Å²) in [6.07, 6.45) is -0.0275. The van der Waals surface area contributed by atoms with Gasteiger partial charge in [0, 0.05) is 29.6 Å². The number of ether oxygens (including phenoxy) is 1. The van der Waals surface area contributed by atoms with Crippen LogP contribution in [0.4, 0.5) is 0 Å². The van der Waals surface area contributed by atoms with Crippen molar-refractivity contribution in [2.45, 2.75) is 13.0 Å². The van der Waals surface area contributed by atoms with Gasteiger partial charge in [0.1, 0.15) is 17.9 Å². The van der Waals surface area contributed by atoms with E-state index in [1.165, 1.54) is 12.1 Å². The number of nitrogens with one attached hydrogen (secondary N) is 3. The quantitative estimate of drug-likeness (QED) is 0.172. The second kappa shape index (κ2) is 10.9. The van der Waals surface area contributed by atoms with E-state index in [1.54, 1.807) is 29.7 Å². The van der Waals surface area contributed by atoms with Gasteiger partial charge in [-0.15, -0.1) is 0 Å². The normalized spacial score (nSPS) is 10.7. The number of fused-ring (bicyclic) bond motifs is 1. The molecule has 10 nitrogen and oxygen atoms in total. The van der Waals surface area contributed by atoms with E-state index in [4.69, 9.17) is 19.5 Å². The van der Waals surface area contributed by atoms with Crippen LogP contribution in [-0.4, -0.2) is 47.8 Å². The van der Waals surface area contributed by atoms with Crippen LogP contribution in [0.2, 0.25) is 0 Å². The van der Waals surface area contributed by atoms with Gasteiger partial charge in [-0.1, -0.05) is 18.2 Å². The monoisotopic (exact) mass is 441 g/mol. The fourth-order valence-corrected chi connectivity index (χ4v) is 3.05. The zero-order valence-electron chi connectivity index (χ0n) is 17.1. The standard InChI is InChI=1S/C22H23N3O7/c26-19(27)9-10-23-13-17-16-3-1-2-4-18(16)32-20(17)22(29)24-11-12-31-15-7-5-14(6-8-15)21(28)25-30/h1-8,23,30H,9-13H2,(H,24,29)(H,25,28)(H,26,27). The lowest BCUT2D eigenvalue weighted by atomic mass is 10.1. The molecule has 0 unspecified atom stereocenters. The average molecular weight is 441 g/mol. The van der Waals surface area contributed by atoms with Crippen molar-refractivity contribution in [1.82, 2.24) is 16.1 Å². The number of hydrogen-bond acceptors (Lipinski definition) is 7. The van der Waals surface area contributed by atoms with Crippen molar-refractivity contribution < 1.29 is 33.9 Å². The lowest BCUT2D eigenvalue weighted by Gasteiger charge is -2.09. The molecule has 0 aliphatic heterocycles. The minimum atomic E-state index is -0.904. The van der Waals surface area contributed by atoms with E-state index in [0.29, 0.717) is 16.9 Å². The number of carboxylic acids is 1. The van der Waals surface area contributed by atoms with Gasteiger partial charge in [-0.2, -0.15) is 0 Å². The van der Waals surface area contributed by atoms with Crippen molar-refractivity contribution >= 4 is 28.8 Å². The first-order chi connectivity index (χ1) is 15.5. The van der Waals surface area contributed by atoms with Gasteiger partial charge in [-0.05, 0) is 30.3 Å². The van der Waals surface area contributed by atoms with Crippen LogP contribution in [0.15, 0.2) is 52.9 Å². The molecular formula is C22H23N3O7. The van der Waals surface area contributed by atoms with Crippen LogP contribution in [0, 0.1) is 0 Å². The van der Waals surface area contributed by atoms with Crippen molar-refractivity contribution in [3.63, 3.8) is 0 Å². The van der Waals surface area contributed by atoms with Gasteiger partial charge in [0.05, 0.1) is 13.0 Å². The first-order valence-electron chi connectivity index (χ1n) is 9.88. The first-order valence-corrected chi connectivity index (χ1v) is 9.88. The van der Waals surface area contributed by atoms with E-state index in [-0.39, 0.29) is 44.0 Å². The van der Waals surface area contributed by atoms with Crippen molar-refractivity contribution in [3.8, 4) is 5.75 Å². The zero-order chi connectivity index (χ0) is 22.9. The van der Waals surface area contributed by atoms with Crippen molar-refractivity contribution in [1.29, 1.82) is 0 Å². The van der Waals surface area contributed by atoms with Crippen LogP contribution in [0.3, 0.4) is 0 Å². The molecule has 10 heteroatoms. The smallest absolute Gasteiger partial charge is 0.304 e. The van der Waals surface area contributed by atoms with Gasteiger partial charge in [0.15, 0.2) is 5.76 Å². The van der Waals surface area contributed by atoms with Gasteiger partial charge in [0.25, 0.3) is 11.8 Å². The molecule has 0 atom stereocenters. The van der Waals surface area contributed by atoms with E-state index in [1.807, 2.05) is 12.1 Å². The Balaban J connectivity index is 1.57. The Labute approximate surface area is 183 Å². The largest absolute Gasteiger partial charge is 0.492 e. The lowest BCUT2D eigenvalue weighted by Crippen LogP contribution is -2.29. The van der Waals surface area contributed by atoms with Gasteiger partial charge in [-0.25, -0.2) is 5.48 Å². The molecule has 2 aromatic carbocycles. The third-order valence-electron chi connectivity index (χ3n) is 4.60. The molecule has 0 aliphatic carbocycles. The number of para-hydroxylation sites is 1. The molecule has 0 bridgehead atoms. The minimum Gasteiger partial charge on any atom is -0.492 e. The fraction of sp³-hybridized carbons (Fsp3) is 0.227. The Morgan fingerprint density at radius 2 is 1.72 bits per heavy atom. The SMILES string of the molecule is O=C(O)CCNCc1c(C(=O)NCCOc2ccc(C(=O)NO)cc2)oc2ccccc12. The summed E-state index contributed by atoms with van der Waals surface area (Å²) in [5.74, 6) is -1.27. The summed E-state index contributed by atoms with van der Waals surface area (Å²) in [5.41, 5.74) is 3.05. The molecule has 0 spiro atoms. The number of benzene rings is 2. The van der Waals surface area contributed by atoms with Gasteiger partial charge < -0.3 is 24.9 Å². The molecule has 5 N–H and O–H groups in total. The molecule has 0 saturated heterocycles. The number of carbonyl (C=O) groups excluding carboxylic acids is 2. The van der Waals surface area contributed by atoms with Crippen molar-refractivity contribution in [2.75, 3.05) is 19.7 Å². The second-order valence-corrected chi connectivity index (χ2v) is 6.80.